The number of esters is 1. The molecule has 31 heavy (non-hydrogen) atoms. The highest BCUT2D eigenvalue weighted by atomic mass is 31.2. The van der Waals surface area contributed by atoms with Gasteiger partial charge < -0.3 is 9.26 Å². The molecule has 0 heterocycles. The minimum Gasteiger partial charge on any atom is -0.463 e. The molecule has 170 valence electrons. The topological polar surface area (TPSA) is 71.1 Å². The van der Waals surface area contributed by atoms with Gasteiger partial charge in [0.2, 0.25) is 0 Å². The Hall–Kier alpha value is -1.62. The van der Waals surface area contributed by atoms with Crippen molar-refractivity contribution >= 4 is 19.9 Å². The summed E-state index contributed by atoms with van der Waals surface area (Å²) in [6.07, 6.45) is 10.4. The third-order valence-electron chi connectivity index (χ3n) is 7.21. The van der Waals surface area contributed by atoms with Crippen molar-refractivity contribution in [2.24, 2.45) is 17.8 Å². The first-order valence-corrected chi connectivity index (χ1v) is 12.7. The van der Waals surface area contributed by atoms with Crippen molar-refractivity contribution in [2.75, 3.05) is 20.8 Å². The van der Waals surface area contributed by atoms with E-state index in [2.05, 4.69) is 6.07 Å². The lowest BCUT2D eigenvalue weighted by Crippen LogP contribution is -2.48. The highest BCUT2D eigenvalue weighted by molar-refractivity contribution is 7.48. The van der Waals surface area contributed by atoms with Gasteiger partial charge in [0, 0.05) is 31.4 Å². The molecule has 4 aliphatic carbocycles. The molecular formula is C24H33O6P. The van der Waals surface area contributed by atoms with Crippen molar-refractivity contribution in [1.29, 1.82) is 0 Å². The highest BCUT2D eigenvalue weighted by Gasteiger charge is 2.53. The minimum absolute atomic E-state index is 0.00886. The van der Waals surface area contributed by atoms with Crippen LogP contribution in [0.1, 0.15) is 62.1 Å². The molecule has 4 bridgehead atoms. The smallest absolute Gasteiger partial charge is 0.463 e. The van der Waals surface area contributed by atoms with Crippen LogP contribution in [0.15, 0.2) is 18.2 Å². The van der Waals surface area contributed by atoms with Crippen molar-refractivity contribution in [3.63, 3.8) is 0 Å². The molecule has 0 aromatic heterocycles. The fourth-order valence-electron chi connectivity index (χ4n) is 6.47. The lowest BCUT2D eigenvalue weighted by molar-refractivity contribution is -0.137. The zero-order chi connectivity index (χ0) is 22.2. The molecule has 0 saturated heterocycles. The van der Waals surface area contributed by atoms with Gasteiger partial charge in [-0.15, -0.1) is 0 Å². The van der Waals surface area contributed by atoms with Crippen molar-refractivity contribution in [1.82, 2.24) is 0 Å². The SMILES string of the molecule is CCOC(=O)/C=C/c1cc(C)cc(C23CC4CC(CC(C4)C2)C3)c1OP(=O)(OC)OC. The van der Waals surface area contributed by atoms with E-state index in [9.17, 15) is 9.36 Å². The summed E-state index contributed by atoms with van der Waals surface area (Å²) in [6.45, 7) is 4.12. The molecule has 0 aliphatic heterocycles. The molecule has 5 rings (SSSR count). The van der Waals surface area contributed by atoms with Crippen LogP contribution >= 0.6 is 7.82 Å². The fourth-order valence-corrected chi connectivity index (χ4v) is 7.20. The normalized spacial score (nSPS) is 29.5. The average molecular weight is 448 g/mol. The first-order chi connectivity index (χ1) is 14.8. The number of hydrogen-bond donors (Lipinski definition) is 0. The third-order valence-corrected chi connectivity index (χ3v) is 8.51. The van der Waals surface area contributed by atoms with Gasteiger partial charge in [0.1, 0.15) is 5.75 Å². The Kier molecular flexibility index (Phi) is 6.35. The van der Waals surface area contributed by atoms with Crippen LogP contribution in [0.2, 0.25) is 0 Å². The molecule has 1 aromatic rings. The Morgan fingerprint density at radius 1 is 1.10 bits per heavy atom. The maximum Gasteiger partial charge on any atom is 0.529 e. The van der Waals surface area contributed by atoms with E-state index in [1.165, 1.54) is 39.6 Å². The molecule has 4 fully saturated rings. The fraction of sp³-hybridized carbons (Fsp3) is 0.625. The summed E-state index contributed by atoms with van der Waals surface area (Å²) in [5.41, 5.74) is 2.85. The van der Waals surface area contributed by atoms with Crippen molar-refractivity contribution in [3.05, 3.63) is 34.9 Å². The zero-order valence-electron chi connectivity index (χ0n) is 18.9. The van der Waals surface area contributed by atoms with E-state index in [1.807, 2.05) is 13.0 Å². The average Bonchev–Trinajstić information content (AvgIpc) is 2.72. The molecule has 0 spiro atoms. The van der Waals surface area contributed by atoms with Crippen LogP contribution in [0, 0.1) is 24.7 Å². The largest absolute Gasteiger partial charge is 0.529 e. The number of aryl methyl sites for hydroxylation is 1. The Balaban J connectivity index is 1.82. The van der Waals surface area contributed by atoms with Crippen molar-refractivity contribution in [3.8, 4) is 5.75 Å². The number of carbonyl (C=O) groups excluding carboxylic acids is 1. The van der Waals surface area contributed by atoms with Gasteiger partial charge >= 0.3 is 13.8 Å². The zero-order valence-corrected chi connectivity index (χ0v) is 19.8. The first kappa shape index (κ1) is 22.6. The summed E-state index contributed by atoms with van der Waals surface area (Å²) in [5.74, 6) is 2.31. The second-order valence-electron chi connectivity index (χ2n) is 9.42. The van der Waals surface area contributed by atoms with Gasteiger partial charge in [0.15, 0.2) is 0 Å². The number of ether oxygens (including phenoxy) is 1. The highest BCUT2D eigenvalue weighted by Crippen LogP contribution is 2.63. The third kappa shape index (κ3) is 4.48. The van der Waals surface area contributed by atoms with Gasteiger partial charge in [-0.25, -0.2) is 9.36 Å². The molecule has 0 N–H and O–H groups in total. The van der Waals surface area contributed by atoms with Crippen LogP contribution in [0.4, 0.5) is 0 Å². The Morgan fingerprint density at radius 3 is 2.19 bits per heavy atom. The van der Waals surface area contributed by atoms with Gasteiger partial charge in [-0.05, 0) is 93.2 Å². The van der Waals surface area contributed by atoms with Gasteiger partial charge in [-0.3, -0.25) is 9.05 Å². The standard InChI is InChI=1S/C24H33O6P/c1-5-29-22(25)7-6-20-8-16(2)9-21(23(20)30-31(26,27-3)28-4)24-13-17-10-18(14-24)12-19(11-17)15-24/h6-9,17-19H,5,10-15H2,1-4H3/b7-6+. The molecule has 7 heteroatoms. The molecule has 0 radical (unpaired) electrons. The van der Waals surface area contributed by atoms with Crippen molar-refractivity contribution < 1.29 is 27.7 Å². The summed E-state index contributed by atoms with van der Waals surface area (Å²) in [7, 11) is -1.14. The Labute approximate surface area is 184 Å². The quantitative estimate of drug-likeness (QED) is 0.284. The lowest BCUT2D eigenvalue weighted by Gasteiger charge is -2.57. The van der Waals surface area contributed by atoms with Gasteiger partial charge in [0.25, 0.3) is 0 Å². The van der Waals surface area contributed by atoms with E-state index in [1.54, 1.807) is 13.0 Å². The maximum atomic E-state index is 13.0. The predicted octanol–water partition coefficient (Wildman–Crippen LogP) is 5.82. The van der Waals surface area contributed by atoms with Crippen LogP contribution in [0.3, 0.4) is 0 Å². The second kappa shape index (κ2) is 8.73. The molecule has 6 nitrogen and oxygen atoms in total. The molecule has 4 saturated carbocycles. The summed E-state index contributed by atoms with van der Waals surface area (Å²) < 4.78 is 34.3. The van der Waals surface area contributed by atoms with Crippen LogP contribution in [0.5, 0.6) is 5.75 Å². The van der Waals surface area contributed by atoms with E-state index in [4.69, 9.17) is 18.3 Å². The Bertz CT molecular complexity index is 878. The number of phosphoric ester groups is 1. The second-order valence-corrected chi connectivity index (χ2v) is 11.2. The predicted molar refractivity (Wildman–Crippen MR) is 119 cm³/mol. The monoisotopic (exact) mass is 448 g/mol. The molecule has 0 amide bonds. The number of carbonyl (C=O) groups is 1. The summed E-state index contributed by atoms with van der Waals surface area (Å²) >= 11 is 0. The Morgan fingerprint density at radius 2 is 1.68 bits per heavy atom. The van der Waals surface area contributed by atoms with Crippen molar-refractivity contribution in [2.45, 2.75) is 57.8 Å². The molecule has 4 aliphatic rings. The number of hydrogen-bond acceptors (Lipinski definition) is 6. The van der Waals surface area contributed by atoms with Crippen LogP contribution < -0.4 is 4.52 Å². The van der Waals surface area contributed by atoms with Gasteiger partial charge in [-0.1, -0.05) is 6.07 Å². The van der Waals surface area contributed by atoms with Gasteiger partial charge in [-0.2, -0.15) is 0 Å². The summed E-state index contributed by atoms with van der Waals surface area (Å²) in [5, 5.41) is 0. The van der Waals surface area contributed by atoms with E-state index in [0.717, 1.165) is 48.1 Å². The number of phosphoric acid groups is 1. The summed E-state index contributed by atoms with van der Waals surface area (Å²) in [4.78, 5) is 12.0. The number of rotatable bonds is 8. The summed E-state index contributed by atoms with van der Waals surface area (Å²) in [6, 6.07) is 4.10. The van der Waals surface area contributed by atoms with E-state index in [0.29, 0.717) is 17.9 Å². The molecule has 1 aromatic carbocycles. The van der Waals surface area contributed by atoms with E-state index in [-0.39, 0.29) is 5.41 Å². The molecule has 0 unspecified atom stereocenters. The van der Waals surface area contributed by atoms with Crippen LogP contribution in [0.25, 0.3) is 6.08 Å². The maximum absolute atomic E-state index is 13.0. The molecular weight excluding hydrogens is 415 g/mol. The lowest BCUT2D eigenvalue weighted by atomic mass is 9.48. The first-order valence-electron chi connectivity index (χ1n) is 11.2. The van der Waals surface area contributed by atoms with Crippen LogP contribution in [-0.4, -0.2) is 26.8 Å². The van der Waals surface area contributed by atoms with E-state index < -0.39 is 13.8 Å². The molecule has 0 atom stereocenters. The van der Waals surface area contributed by atoms with Gasteiger partial charge in [0.05, 0.1) is 6.61 Å². The minimum atomic E-state index is -3.77. The van der Waals surface area contributed by atoms with E-state index >= 15 is 0 Å². The number of benzene rings is 1. The van der Waals surface area contributed by atoms with Crippen LogP contribution in [-0.2, 0) is 28.6 Å².